The van der Waals surface area contributed by atoms with Gasteiger partial charge in [-0.15, -0.1) is 0 Å². The molecule has 1 aromatic rings. The van der Waals surface area contributed by atoms with Gasteiger partial charge >= 0.3 is 0 Å². The molecule has 0 bridgehead atoms. The van der Waals surface area contributed by atoms with Crippen molar-refractivity contribution in [3.05, 3.63) is 27.1 Å². The molecule has 1 aromatic carbocycles. The first-order valence-electron chi connectivity index (χ1n) is 5.44. The van der Waals surface area contributed by atoms with Crippen LogP contribution in [0, 0.1) is 5.92 Å². The zero-order valence-corrected chi connectivity index (χ0v) is 14.4. The normalized spacial score (nSPS) is 20.1. The summed E-state index contributed by atoms with van der Waals surface area (Å²) in [5.41, 5.74) is 0.730. The molecule has 1 aliphatic heterocycles. The van der Waals surface area contributed by atoms with Crippen LogP contribution in [0.5, 0.6) is 0 Å². The molecule has 0 N–H and O–H groups in total. The average molecular weight is 432 g/mol. The lowest BCUT2D eigenvalue weighted by molar-refractivity contribution is -0.117. The van der Waals surface area contributed by atoms with Crippen molar-refractivity contribution in [2.45, 2.75) is 6.42 Å². The Morgan fingerprint density at radius 1 is 1.37 bits per heavy atom. The molecule has 1 heterocycles. The Hall–Kier alpha value is -0.110. The minimum Gasteiger partial charge on any atom is -0.311 e. The summed E-state index contributed by atoms with van der Waals surface area (Å²) in [5, 5.41) is 0. The van der Waals surface area contributed by atoms with Crippen LogP contribution < -0.4 is 4.90 Å². The lowest BCUT2D eigenvalue weighted by Crippen LogP contribution is -2.25. The van der Waals surface area contributed by atoms with Gasteiger partial charge in [-0.3, -0.25) is 4.79 Å². The fraction of sp³-hybridized carbons (Fsp3) is 0.364. The number of anilines is 1. The molecule has 0 saturated carbocycles. The van der Waals surface area contributed by atoms with E-state index in [1.165, 1.54) is 0 Å². The van der Waals surface area contributed by atoms with E-state index in [9.17, 15) is 13.2 Å². The SMILES string of the molecule is O=C1CC(CS(=O)(=O)Cl)CN1c1cc(Br)ccc1Br. The number of carbonyl (C=O) groups is 1. The Morgan fingerprint density at radius 3 is 2.68 bits per heavy atom. The molecule has 104 valence electrons. The van der Waals surface area contributed by atoms with E-state index in [0.717, 1.165) is 14.6 Å². The van der Waals surface area contributed by atoms with Gasteiger partial charge in [-0.05, 0) is 34.1 Å². The number of nitrogens with zero attached hydrogens (tertiary/aromatic N) is 1. The first kappa shape index (κ1) is 15.3. The highest BCUT2D eigenvalue weighted by molar-refractivity contribution is 9.11. The van der Waals surface area contributed by atoms with E-state index in [1.807, 2.05) is 18.2 Å². The van der Waals surface area contributed by atoms with E-state index < -0.39 is 9.05 Å². The van der Waals surface area contributed by atoms with Crippen molar-refractivity contribution in [3.8, 4) is 0 Å². The quantitative estimate of drug-likeness (QED) is 0.691. The summed E-state index contributed by atoms with van der Waals surface area (Å²) < 4.78 is 23.8. The summed E-state index contributed by atoms with van der Waals surface area (Å²) in [6, 6.07) is 5.51. The lowest BCUT2D eigenvalue weighted by atomic mass is 10.1. The van der Waals surface area contributed by atoms with Gasteiger partial charge < -0.3 is 4.90 Å². The van der Waals surface area contributed by atoms with Gasteiger partial charge in [0.25, 0.3) is 0 Å². The molecule has 0 aliphatic carbocycles. The summed E-state index contributed by atoms with van der Waals surface area (Å²) in [5.74, 6) is -0.535. The molecule has 8 heteroatoms. The third-order valence-electron chi connectivity index (χ3n) is 2.84. The van der Waals surface area contributed by atoms with E-state index in [0.29, 0.717) is 6.54 Å². The first-order chi connectivity index (χ1) is 8.76. The molecule has 4 nitrogen and oxygen atoms in total. The second-order valence-electron chi connectivity index (χ2n) is 4.38. The number of hydrogen-bond donors (Lipinski definition) is 0. The number of halogens is 3. The summed E-state index contributed by atoms with van der Waals surface area (Å²) in [7, 11) is 1.65. The van der Waals surface area contributed by atoms with Crippen LogP contribution in [0.1, 0.15) is 6.42 Å². The van der Waals surface area contributed by atoms with Crippen molar-refractivity contribution in [3.63, 3.8) is 0 Å². The standard InChI is InChI=1S/C11H10Br2ClNO3S/c12-8-1-2-9(13)10(4-8)15-5-7(3-11(15)16)6-19(14,17)18/h1-2,4,7H,3,5-6H2. The third-order valence-corrected chi connectivity index (χ3v) is 5.25. The molecular formula is C11H10Br2ClNO3S. The van der Waals surface area contributed by atoms with Crippen molar-refractivity contribution in [2.24, 2.45) is 5.92 Å². The van der Waals surface area contributed by atoms with E-state index in [-0.39, 0.29) is 24.0 Å². The molecule has 1 saturated heterocycles. The van der Waals surface area contributed by atoms with Crippen molar-refractivity contribution in [2.75, 3.05) is 17.2 Å². The monoisotopic (exact) mass is 429 g/mol. The van der Waals surface area contributed by atoms with Crippen LogP contribution in [0.15, 0.2) is 27.1 Å². The zero-order valence-electron chi connectivity index (χ0n) is 9.64. The number of hydrogen-bond acceptors (Lipinski definition) is 3. The van der Waals surface area contributed by atoms with E-state index >= 15 is 0 Å². The first-order valence-corrected chi connectivity index (χ1v) is 9.50. The van der Waals surface area contributed by atoms with Gasteiger partial charge in [-0.25, -0.2) is 8.42 Å². The molecule has 1 amide bonds. The number of rotatable bonds is 3. The van der Waals surface area contributed by atoms with E-state index in [4.69, 9.17) is 10.7 Å². The Balaban J connectivity index is 2.23. The number of amides is 1. The van der Waals surface area contributed by atoms with Gasteiger partial charge in [0.05, 0.1) is 11.4 Å². The second kappa shape index (κ2) is 5.71. The van der Waals surface area contributed by atoms with Crippen molar-refractivity contribution in [1.29, 1.82) is 0 Å². The molecule has 19 heavy (non-hydrogen) atoms. The summed E-state index contributed by atoms with van der Waals surface area (Å²) in [4.78, 5) is 13.6. The summed E-state index contributed by atoms with van der Waals surface area (Å²) in [6.45, 7) is 0.361. The van der Waals surface area contributed by atoms with Gasteiger partial charge in [0, 0.05) is 38.5 Å². The van der Waals surface area contributed by atoms with Crippen LogP contribution in [0.4, 0.5) is 5.69 Å². The maximum atomic E-state index is 12.0. The predicted molar refractivity (Wildman–Crippen MR) is 81.9 cm³/mol. The fourth-order valence-electron chi connectivity index (χ4n) is 2.10. The lowest BCUT2D eigenvalue weighted by Gasteiger charge is -2.18. The average Bonchev–Trinajstić information content (AvgIpc) is 2.60. The minimum absolute atomic E-state index is 0.0934. The number of benzene rings is 1. The molecule has 1 unspecified atom stereocenters. The zero-order chi connectivity index (χ0) is 14.2. The summed E-state index contributed by atoms with van der Waals surface area (Å²) >= 11 is 6.74. The summed E-state index contributed by atoms with van der Waals surface area (Å²) in [6.07, 6.45) is 0.199. The topological polar surface area (TPSA) is 54.5 Å². The molecule has 0 radical (unpaired) electrons. The molecular weight excluding hydrogens is 421 g/mol. The second-order valence-corrected chi connectivity index (χ2v) is 8.97. The molecule has 1 fully saturated rings. The molecule has 1 aliphatic rings. The minimum atomic E-state index is -3.58. The predicted octanol–water partition coefficient (Wildman–Crippen LogP) is 3.13. The molecule has 0 spiro atoms. The molecule has 2 rings (SSSR count). The Kier molecular flexibility index (Phi) is 4.59. The van der Waals surface area contributed by atoms with Crippen LogP contribution in [0.3, 0.4) is 0 Å². The molecule has 0 aromatic heterocycles. The van der Waals surface area contributed by atoms with E-state index in [1.54, 1.807) is 4.90 Å². The smallest absolute Gasteiger partial charge is 0.232 e. The van der Waals surface area contributed by atoms with Crippen LogP contribution in [-0.4, -0.2) is 26.6 Å². The fourth-order valence-corrected chi connectivity index (χ4v) is 4.23. The van der Waals surface area contributed by atoms with Crippen LogP contribution in [0.25, 0.3) is 0 Å². The van der Waals surface area contributed by atoms with Crippen molar-refractivity contribution < 1.29 is 13.2 Å². The Morgan fingerprint density at radius 2 is 2.05 bits per heavy atom. The molecule has 1 atom stereocenters. The largest absolute Gasteiger partial charge is 0.311 e. The Labute approximate surface area is 132 Å². The number of carbonyl (C=O) groups excluding carboxylic acids is 1. The van der Waals surface area contributed by atoms with Gasteiger partial charge in [-0.1, -0.05) is 15.9 Å². The van der Waals surface area contributed by atoms with Crippen molar-refractivity contribution >= 4 is 63.2 Å². The van der Waals surface area contributed by atoms with Crippen LogP contribution >= 0.6 is 42.5 Å². The van der Waals surface area contributed by atoms with Crippen LogP contribution in [-0.2, 0) is 13.8 Å². The Bertz CT molecular complexity index is 620. The van der Waals surface area contributed by atoms with Crippen molar-refractivity contribution in [1.82, 2.24) is 0 Å². The van der Waals surface area contributed by atoms with Crippen LogP contribution in [0.2, 0.25) is 0 Å². The maximum absolute atomic E-state index is 12.0. The van der Waals surface area contributed by atoms with E-state index in [2.05, 4.69) is 31.9 Å². The highest BCUT2D eigenvalue weighted by atomic mass is 79.9. The van der Waals surface area contributed by atoms with Gasteiger partial charge in [0.15, 0.2) is 0 Å². The van der Waals surface area contributed by atoms with Gasteiger partial charge in [-0.2, -0.15) is 0 Å². The van der Waals surface area contributed by atoms with Gasteiger partial charge in [0.1, 0.15) is 0 Å². The maximum Gasteiger partial charge on any atom is 0.232 e. The third kappa shape index (κ3) is 3.93. The highest BCUT2D eigenvalue weighted by Crippen LogP contribution is 2.34. The highest BCUT2D eigenvalue weighted by Gasteiger charge is 2.33. The van der Waals surface area contributed by atoms with Gasteiger partial charge in [0.2, 0.25) is 15.0 Å².